The molecule has 78 valence electrons. The third kappa shape index (κ3) is 1.25. The fourth-order valence-electron chi connectivity index (χ4n) is 1.81. The van der Waals surface area contributed by atoms with E-state index in [1.165, 1.54) is 17.4 Å². The van der Waals surface area contributed by atoms with Crippen molar-refractivity contribution in [2.24, 2.45) is 0 Å². The van der Waals surface area contributed by atoms with Crippen LogP contribution in [-0.4, -0.2) is 0 Å². The van der Waals surface area contributed by atoms with Crippen molar-refractivity contribution in [1.29, 1.82) is 0 Å². The van der Waals surface area contributed by atoms with Gasteiger partial charge in [0.15, 0.2) is 5.43 Å². The summed E-state index contributed by atoms with van der Waals surface area (Å²) in [5, 5.41) is 0.788. The van der Waals surface area contributed by atoms with Crippen molar-refractivity contribution >= 4 is 31.5 Å². The largest absolute Gasteiger partial charge is 0.288 e. The zero-order valence-electron chi connectivity index (χ0n) is 8.24. The average molecular weight is 230 g/mol. The van der Waals surface area contributed by atoms with E-state index < -0.39 is 5.82 Å². The Morgan fingerprint density at radius 1 is 0.938 bits per heavy atom. The van der Waals surface area contributed by atoms with Crippen LogP contribution in [0.15, 0.2) is 47.3 Å². The zero-order chi connectivity index (χ0) is 11.1. The van der Waals surface area contributed by atoms with E-state index >= 15 is 0 Å². The minimum Gasteiger partial charge on any atom is -0.288 e. The molecule has 3 rings (SSSR count). The van der Waals surface area contributed by atoms with Crippen LogP contribution in [0.4, 0.5) is 4.39 Å². The van der Waals surface area contributed by atoms with E-state index in [1.807, 2.05) is 12.1 Å². The highest BCUT2D eigenvalue weighted by Crippen LogP contribution is 2.25. The maximum Gasteiger partial charge on any atom is 0.198 e. The van der Waals surface area contributed by atoms with Gasteiger partial charge in [-0.15, -0.1) is 11.3 Å². The van der Waals surface area contributed by atoms with Crippen molar-refractivity contribution < 1.29 is 4.39 Å². The molecule has 0 saturated heterocycles. The molecule has 0 saturated carbocycles. The maximum atomic E-state index is 13.6. The molecular formula is C13H7FOS. The number of benzene rings is 2. The third-order valence-electron chi connectivity index (χ3n) is 2.55. The minimum absolute atomic E-state index is 0.200. The SMILES string of the molecule is O=c1c2ccccc2sc2cccc(F)c12. The van der Waals surface area contributed by atoms with Crippen LogP contribution >= 0.6 is 11.3 Å². The summed E-state index contributed by atoms with van der Waals surface area (Å²) in [6.45, 7) is 0. The molecule has 2 aromatic carbocycles. The van der Waals surface area contributed by atoms with E-state index in [9.17, 15) is 9.18 Å². The second-order valence-electron chi connectivity index (χ2n) is 3.54. The van der Waals surface area contributed by atoms with Crippen LogP contribution in [0.25, 0.3) is 20.2 Å². The van der Waals surface area contributed by atoms with E-state index in [0.29, 0.717) is 10.1 Å². The summed E-state index contributed by atoms with van der Waals surface area (Å²) in [6.07, 6.45) is 0. The Hall–Kier alpha value is -1.74. The highest BCUT2D eigenvalue weighted by atomic mass is 32.1. The van der Waals surface area contributed by atoms with Gasteiger partial charge in [-0.2, -0.15) is 0 Å². The van der Waals surface area contributed by atoms with Crippen molar-refractivity contribution in [3.63, 3.8) is 0 Å². The Kier molecular flexibility index (Phi) is 2.01. The van der Waals surface area contributed by atoms with Crippen molar-refractivity contribution in [3.8, 4) is 0 Å². The number of halogens is 1. The van der Waals surface area contributed by atoms with Crippen LogP contribution in [-0.2, 0) is 0 Å². The number of hydrogen-bond donors (Lipinski definition) is 0. The summed E-state index contributed by atoms with van der Waals surface area (Å²) in [5.74, 6) is -0.440. The molecule has 3 heteroatoms. The van der Waals surface area contributed by atoms with E-state index in [-0.39, 0.29) is 10.8 Å². The van der Waals surface area contributed by atoms with E-state index in [2.05, 4.69) is 0 Å². The van der Waals surface area contributed by atoms with Crippen LogP contribution in [0.3, 0.4) is 0 Å². The van der Waals surface area contributed by atoms with Gasteiger partial charge in [0.05, 0.1) is 5.39 Å². The monoisotopic (exact) mass is 230 g/mol. The number of hydrogen-bond acceptors (Lipinski definition) is 2. The molecule has 1 heterocycles. The molecule has 0 aliphatic heterocycles. The lowest BCUT2D eigenvalue weighted by Crippen LogP contribution is -2.02. The van der Waals surface area contributed by atoms with Crippen LogP contribution in [0, 0.1) is 5.82 Å². The van der Waals surface area contributed by atoms with Crippen molar-refractivity contribution in [2.75, 3.05) is 0 Å². The number of fused-ring (bicyclic) bond motifs is 2. The molecule has 3 aromatic rings. The molecule has 0 bridgehead atoms. The van der Waals surface area contributed by atoms with Gasteiger partial charge in [0.2, 0.25) is 0 Å². The van der Waals surface area contributed by atoms with Crippen LogP contribution in [0.5, 0.6) is 0 Å². The van der Waals surface area contributed by atoms with Gasteiger partial charge in [-0.1, -0.05) is 18.2 Å². The summed E-state index contributed by atoms with van der Waals surface area (Å²) < 4.78 is 15.2. The maximum absolute atomic E-state index is 13.6. The molecule has 0 aliphatic rings. The molecular weight excluding hydrogens is 223 g/mol. The first-order valence-electron chi connectivity index (χ1n) is 4.87. The van der Waals surface area contributed by atoms with E-state index in [1.54, 1.807) is 24.3 Å². The first-order valence-corrected chi connectivity index (χ1v) is 5.69. The van der Waals surface area contributed by atoms with Crippen molar-refractivity contribution in [2.45, 2.75) is 0 Å². The van der Waals surface area contributed by atoms with Gasteiger partial charge in [0.25, 0.3) is 0 Å². The summed E-state index contributed by atoms with van der Waals surface area (Å²) in [6, 6.07) is 12.0. The topological polar surface area (TPSA) is 17.1 Å². The van der Waals surface area contributed by atoms with Gasteiger partial charge in [-0.05, 0) is 24.3 Å². The predicted molar refractivity (Wildman–Crippen MR) is 65.6 cm³/mol. The molecule has 0 atom stereocenters. The van der Waals surface area contributed by atoms with Crippen LogP contribution in [0.1, 0.15) is 0 Å². The summed E-state index contributed by atoms with van der Waals surface area (Å²) in [7, 11) is 0. The molecule has 0 spiro atoms. The molecule has 0 aliphatic carbocycles. The molecule has 1 aromatic heterocycles. The molecule has 0 fully saturated rings. The zero-order valence-corrected chi connectivity index (χ0v) is 9.05. The highest BCUT2D eigenvalue weighted by molar-refractivity contribution is 7.24. The Morgan fingerprint density at radius 3 is 2.56 bits per heavy atom. The van der Waals surface area contributed by atoms with Crippen molar-refractivity contribution in [3.05, 3.63) is 58.5 Å². The second-order valence-corrected chi connectivity index (χ2v) is 4.62. The van der Waals surface area contributed by atoms with Gasteiger partial charge in [-0.25, -0.2) is 4.39 Å². The second kappa shape index (κ2) is 3.39. The molecule has 0 amide bonds. The lowest BCUT2D eigenvalue weighted by Gasteiger charge is -2.00. The standard InChI is InChI=1S/C13H7FOS/c14-9-5-3-7-11-12(9)13(15)8-4-1-2-6-10(8)16-11/h1-7H. The van der Waals surface area contributed by atoms with Crippen molar-refractivity contribution in [1.82, 2.24) is 0 Å². The first-order chi connectivity index (χ1) is 7.77. The average Bonchev–Trinajstić information content (AvgIpc) is 2.29. The quantitative estimate of drug-likeness (QED) is 0.540. The van der Waals surface area contributed by atoms with Gasteiger partial charge < -0.3 is 0 Å². The molecule has 0 unspecified atom stereocenters. The van der Waals surface area contributed by atoms with E-state index in [4.69, 9.17) is 0 Å². The van der Waals surface area contributed by atoms with Gasteiger partial charge in [-0.3, -0.25) is 4.79 Å². The normalized spacial score (nSPS) is 11.1. The predicted octanol–water partition coefficient (Wildman–Crippen LogP) is 3.55. The molecule has 16 heavy (non-hydrogen) atoms. The van der Waals surface area contributed by atoms with Gasteiger partial charge >= 0.3 is 0 Å². The summed E-state index contributed by atoms with van der Waals surface area (Å²) >= 11 is 1.44. The highest BCUT2D eigenvalue weighted by Gasteiger charge is 2.08. The third-order valence-corrected chi connectivity index (χ3v) is 3.69. The Labute approximate surface area is 94.8 Å². The molecule has 0 radical (unpaired) electrons. The lowest BCUT2D eigenvalue weighted by molar-refractivity contribution is 0.639. The Morgan fingerprint density at radius 2 is 1.69 bits per heavy atom. The van der Waals surface area contributed by atoms with E-state index in [0.717, 1.165) is 4.70 Å². The summed E-state index contributed by atoms with van der Waals surface area (Å²) in [5.41, 5.74) is -0.220. The fraction of sp³-hybridized carbons (Fsp3) is 0. The minimum atomic E-state index is -0.440. The lowest BCUT2D eigenvalue weighted by atomic mass is 10.2. The van der Waals surface area contributed by atoms with Crippen LogP contribution < -0.4 is 5.43 Å². The Balaban J connectivity index is 2.67. The fourth-order valence-corrected chi connectivity index (χ4v) is 2.90. The van der Waals surface area contributed by atoms with Gasteiger partial charge in [0, 0.05) is 14.8 Å². The molecule has 1 nitrogen and oxygen atoms in total. The number of rotatable bonds is 0. The smallest absolute Gasteiger partial charge is 0.198 e. The molecule has 0 N–H and O–H groups in total. The summed E-state index contributed by atoms with van der Waals surface area (Å²) in [4.78, 5) is 12.1. The Bertz CT molecular complexity index is 746. The van der Waals surface area contributed by atoms with Crippen LogP contribution in [0.2, 0.25) is 0 Å². The van der Waals surface area contributed by atoms with Gasteiger partial charge in [0.1, 0.15) is 5.82 Å². The first kappa shape index (κ1) is 9.48.